The van der Waals surface area contributed by atoms with E-state index in [1.54, 1.807) is 0 Å². The van der Waals surface area contributed by atoms with Gasteiger partial charge in [0.05, 0.1) is 17.0 Å². The van der Waals surface area contributed by atoms with Crippen LogP contribution in [0.2, 0.25) is 0 Å². The van der Waals surface area contributed by atoms with E-state index in [2.05, 4.69) is 9.97 Å². The van der Waals surface area contributed by atoms with Crippen LogP contribution in [-0.4, -0.2) is 21.0 Å². The van der Waals surface area contributed by atoms with Crippen molar-refractivity contribution in [2.45, 2.75) is 19.3 Å². The topological polar surface area (TPSA) is 66.0 Å². The summed E-state index contributed by atoms with van der Waals surface area (Å²) in [6, 6.07) is 5.95. The average molecular weight is 216 g/mol. The zero-order valence-corrected chi connectivity index (χ0v) is 8.90. The number of nitrogens with one attached hydrogen (secondary N) is 1. The number of carboxylic acids is 1. The molecule has 16 heavy (non-hydrogen) atoms. The molecule has 0 saturated heterocycles. The van der Waals surface area contributed by atoms with E-state index in [9.17, 15) is 4.79 Å². The number of benzene rings is 1. The molecular formula is C12H12N2O2. The number of aliphatic carboxylic acids is 1. The second-order valence-electron chi connectivity index (χ2n) is 4.38. The summed E-state index contributed by atoms with van der Waals surface area (Å²) in [7, 11) is 0. The van der Waals surface area contributed by atoms with Crippen LogP contribution in [0.15, 0.2) is 18.2 Å². The van der Waals surface area contributed by atoms with Crippen LogP contribution in [0, 0.1) is 12.8 Å². The van der Waals surface area contributed by atoms with E-state index in [1.807, 2.05) is 25.1 Å². The molecule has 1 aromatic carbocycles. The third kappa shape index (κ3) is 1.30. The number of hydrogen-bond acceptors (Lipinski definition) is 2. The van der Waals surface area contributed by atoms with Gasteiger partial charge in [0, 0.05) is 5.92 Å². The van der Waals surface area contributed by atoms with Gasteiger partial charge < -0.3 is 10.1 Å². The summed E-state index contributed by atoms with van der Waals surface area (Å²) >= 11 is 0. The van der Waals surface area contributed by atoms with Gasteiger partial charge in [0.15, 0.2) is 0 Å². The SMILES string of the molecule is Cc1cccc2[nH]c(C3CC3C(=O)O)nc12. The van der Waals surface area contributed by atoms with Crippen molar-refractivity contribution in [1.82, 2.24) is 9.97 Å². The lowest BCUT2D eigenvalue weighted by Gasteiger charge is -1.90. The van der Waals surface area contributed by atoms with Gasteiger partial charge in [-0.2, -0.15) is 0 Å². The Morgan fingerprint density at radius 1 is 1.56 bits per heavy atom. The van der Waals surface area contributed by atoms with Crippen molar-refractivity contribution in [3.63, 3.8) is 0 Å². The minimum Gasteiger partial charge on any atom is -0.481 e. The maximum Gasteiger partial charge on any atom is 0.307 e. The zero-order valence-electron chi connectivity index (χ0n) is 8.90. The second kappa shape index (κ2) is 3.07. The van der Waals surface area contributed by atoms with E-state index in [1.165, 1.54) is 0 Å². The van der Waals surface area contributed by atoms with Gasteiger partial charge in [-0.05, 0) is 25.0 Å². The fraction of sp³-hybridized carbons (Fsp3) is 0.333. The lowest BCUT2D eigenvalue weighted by atomic mass is 10.2. The van der Waals surface area contributed by atoms with Gasteiger partial charge in [0.1, 0.15) is 5.82 Å². The minimum atomic E-state index is -0.720. The molecule has 4 heteroatoms. The van der Waals surface area contributed by atoms with Gasteiger partial charge in [0.25, 0.3) is 0 Å². The highest BCUT2D eigenvalue weighted by Crippen LogP contribution is 2.46. The summed E-state index contributed by atoms with van der Waals surface area (Å²) in [5.74, 6) is -0.0796. The summed E-state index contributed by atoms with van der Waals surface area (Å²) in [5.41, 5.74) is 3.06. The van der Waals surface area contributed by atoms with Crippen LogP contribution in [0.25, 0.3) is 11.0 Å². The standard InChI is InChI=1S/C12H12N2O2/c1-6-3-2-4-9-10(6)14-11(13-9)7-5-8(7)12(15)16/h2-4,7-8H,5H2,1H3,(H,13,14)(H,15,16). The highest BCUT2D eigenvalue weighted by molar-refractivity contribution is 5.80. The summed E-state index contributed by atoms with van der Waals surface area (Å²) in [5, 5.41) is 8.87. The smallest absolute Gasteiger partial charge is 0.307 e. The van der Waals surface area contributed by atoms with Crippen LogP contribution < -0.4 is 0 Å². The molecule has 4 nitrogen and oxygen atoms in total. The molecule has 1 aliphatic carbocycles. The van der Waals surface area contributed by atoms with Gasteiger partial charge in [-0.15, -0.1) is 0 Å². The third-order valence-corrected chi connectivity index (χ3v) is 3.19. The van der Waals surface area contributed by atoms with Crippen LogP contribution in [0.5, 0.6) is 0 Å². The van der Waals surface area contributed by atoms with Gasteiger partial charge >= 0.3 is 5.97 Å². The summed E-state index contributed by atoms with van der Waals surface area (Å²) in [6.45, 7) is 2.01. The van der Waals surface area contributed by atoms with E-state index in [-0.39, 0.29) is 11.8 Å². The van der Waals surface area contributed by atoms with Crippen LogP contribution in [0.4, 0.5) is 0 Å². The molecule has 1 heterocycles. The van der Waals surface area contributed by atoms with E-state index >= 15 is 0 Å². The van der Waals surface area contributed by atoms with E-state index < -0.39 is 5.97 Å². The van der Waals surface area contributed by atoms with Gasteiger partial charge in [0.2, 0.25) is 0 Å². The molecule has 1 aliphatic rings. The van der Waals surface area contributed by atoms with E-state index in [0.717, 1.165) is 22.4 Å². The Labute approximate surface area is 92.3 Å². The number of aromatic amines is 1. The average Bonchev–Trinajstić information content (AvgIpc) is 2.92. The van der Waals surface area contributed by atoms with Crippen LogP contribution >= 0.6 is 0 Å². The molecule has 2 N–H and O–H groups in total. The highest BCUT2D eigenvalue weighted by atomic mass is 16.4. The Kier molecular flexibility index (Phi) is 1.80. The maximum atomic E-state index is 10.8. The summed E-state index contributed by atoms with van der Waals surface area (Å²) in [6.07, 6.45) is 0.703. The predicted molar refractivity (Wildman–Crippen MR) is 59.3 cm³/mol. The van der Waals surface area contributed by atoms with E-state index in [0.29, 0.717) is 6.42 Å². The number of aromatic nitrogens is 2. The first kappa shape index (κ1) is 9.39. The molecule has 2 aromatic rings. The van der Waals surface area contributed by atoms with Gasteiger partial charge in [-0.1, -0.05) is 12.1 Å². The third-order valence-electron chi connectivity index (χ3n) is 3.19. The number of carbonyl (C=O) groups is 1. The molecule has 1 fully saturated rings. The fourth-order valence-electron chi connectivity index (χ4n) is 2.14. The van der Waals surface area contributed by atoms with Crippen LogP contribution in [-0.2, 0) is 4.79 Å². The first-order valence-electron chi connectivity index (χ1n) is 5.35. The Morgan fingerprint density at radius 3 is 3.00 bits per heavy atom. The van der Waals surface area contributed by atoms with Crippen molar-refractivity contribution in [2.24, 2.45) is 5.92 Å². The zero-order chi connectivity index (χ0) is 11.3. The Balaban J connectivity index is 2.01. The lowest BCUT2D eigenvalue weighted by Crippen LogP contribution is -1.99. The molecule has 3 rings (SSSR count). The Morgan fingerprint density at radius 2 is 2.38 bits per heavy atom. The molecule has 0 aliphatic heterocycles. The van der Waals surface area contributed by atoms with Crippen molar-refractivity contribution >= 4 is 17.0 Å². The maximum absolute atomic E-state index is 10.8. The predicted octanol–water partition coefficient (Wildman–Crippen LogP) is 2.06. The second-order valence-corrected chi connectivity index (χ2v) is 4.38. The summed E-state index contributed by atoms with van der Waals surface area (Å²) in [4.78, 5) is 18.5. The molecule has 0 spiro atoms. The molecule has 2 atom stereocenters. The highest BCUT2D eigenvalue weighted by Gasteiger charge is 2.46. The number of nitrogens with zero attached hydrogens (tertiary/aromatic N) is 1. The number of fused-ring (bicyclic) bond motifs is 1. The number of rotatable bonds is 2. The van der Waals surface area contributed by atoms with Crippen molar-refractivity contribution in [1.29, 1.82) is 0 Å². The van der Waals surface area contributed by atoms with Crippen molar-refractivity contribution in [2.75, 3.05) is 0 Å². The quantitative estimate of drug-likeness (QED) is 0.807. The van der Waals surface area contributed by atoms with Crippen LogP contribution in [0.1, 0.15) is 23.7 Å². The van der Waals surface area contributed by atoms with Crippen molar-refractivity contribution < 1.29 is 9.90 Å². The number of imidazole rings is 1. The van der Waals surface area contributed by atoms with E-state index in [4.69, 9.17) is 5.11 Å². The first-order chi connectivity index (χ1) is 7.66. The van der Waals surface area contributed by atoms with Gasteiger partial charge in [-0.25, -0.2) is 4.98 Å². The molecule has 0 radical (unpaired) electrons. The molecule has 0 bridgehead atoms. The van der Waals surface area contributed by atoms with Crippen LogP contribution in [0.3, 0.4) is 0 Å². The Bertz CT molecular complexity index is 573. The molecule has 2 unspecified atom stereocenters. The number of aryl methyl sites for hydroxylation is 1. The number of hydrogen-bond donors (Lipinski definition) is 2. The fourth-order valence-corrected chi connectivity index (χ4v) is 2.14. The number of carboxylic acid groups (broad SMARTS) is 1. The molecular weight excluding hydrogens is 204 g/mol. The monoisotopic (exact) mass is 216 g/mol. The normalized spacial score (nSPS) is 23.6. The molecule has 0 amide bonds. The summed E-state index contributed by atoms with van der Waals surface area (Å²) < 4.78 is 0. The minimum absolute atomic E-state index is 0.0734. The molecule has 1 saturated carbocycles. The first-order valence-corrected chi connectivity index (χ1v) is 5.35. The molecule has 82 valence electrons. The largest absolute Gasteiger partial charge is 0.481 e. The number of H-pyrrole nitrogens is 1. The van der Waals surface area contributed by atoms with Crippen molar-refractivity contribution in [3.8, 4) is 0 Å². The van der Waals surface area contributed by atoms with Crippen molar-refractivity contribution in [3.05, 3.63) is 29.6 Å². The lowest BCUT2D eigenvalue weighted by molar-refractivity contribution is -0.138. The van der Waals surface area contributed by atoms with Gasteiger partial charge in [-0.3, -0.25) is 4.79 Å². The number of para-hydroxylation sites is 1. The Hall–Kier alpha value is -1.84. The molecule has 1 aromatic heterocycles.